The molecular formula is C24H31N3O4S. The maximum Gasteiger partial charge on any atom is 0.231 e. The van der Waals surface area contributed by atoms with Gasteiger partial charge in [-0.25, -0.2) is 8.42 Å². The van der Waals surface area contributed by atoms with Gasteiger partial charge in [-0.1, -0.05) is 36.4 Å². The molecule has 2 N–H and O–H groups in total. The number of hydrogen-bond acceptors (Lipinski definition) is 5. The van der Waals surface area contributed by atoms with Crippen molar-refractivity contribution in [2.45, 2.75) is 37.1 Å². The molecule has 1 unspecified atom stereocenters. The fourth-order valence-corrected chi connectivity index (χ4v) is 5.06. The molecule has 1 saturated heterocycles. The van der Waals surface area contributed by atoms with Gasteiger partial charge in [-0.3, -0.25) is 9.52 Å². The summed E-state index contributed by atoms with van der Waals surface area (Å²) in [6.45, 7) is 2.90. The Kier molecular flexibility index (Phi) is 6.44. The second-order valence-electron chi connectivity index (χ2n) is 8.82. The lowest BCUT2D eigenvalue weighted by Crippen LogP contribution is -2.41. The molecule has 32 heavy (non-hydrogen) atoms. The third-order valence-corrected chi connectivity index (χ3v) is 6.97. The van der Waals surface area contributed by atoms with Gasteiger partial charge in [0.2, 0.25) is 15.9 Å². The first-order chi connectivity index (χ1) is 15.3. The Labute approximate surface area is 190 Å². The molecule has 1 aliphatic carbocycles. The van der Waals surface area contributed by atoms with Gasteiger partial charge in [-0.05, 0) is 62.0 Å². The average molecular weight is 458 g/mol. The van der Waals surface area contributed by atoms with Gasteiger partial charge in [0.15, 0.2) is 0 Å². The first kappa shape index (κ1) is 22.6. The fourth-order valence-electron chi connectivity index (χ4n) is 4.50. The van der Waals surface area contributed by atoms with E-state index >= 15 is 0 Å². The number of likely N-dealkylation sites (tertiary alicyclic amines) is 1. The number of nitrogens with one attached hydrogen (secondary N) is 2. The molecule has 4 rings (SSSR count). The summed E-state index contributed by atoms with van der Waals surface area (Å²) in [5.74, 6) is 0.410. The van der Waals surface area contributed by atoms with Crippen molar-refractivity contribution in [3.63, 3.8) is 0 Å². The van der Waals surface area contributed by atoms with Crippen LogP contribution in [-0.2, 0) is 20.2 Å². The Bertz CT molecular complexity index is 1060. The highest BCUT2D eigenvalue weighted by Gasteiger charge is 2.52. The van der Waals surface area contributed by atoms with E-state index in [9.17, 15) is 13.2 Å². The van der Waals surface area contributed by atoms with Crippen molar-refractivity contribution >= 4 is 21.6 Å². The number of carbonyl (C=O) groups excluding carboxylic acids is 1. The monoisotopic (exact) mass is 457 g/mol. The highest BCUT2D eigenvalue weighted by atomic mass is 32.2. The minimum atomic E-state index is -3.48. The van der Waals surface area contributed by atoms with Crippen LogP contribution in [0, 0.1) is 0 Å². The number of nitrogens with zero attached hydrogens (tertiary/aromatic N) is 1. The Balaban J connectivity index is 1.58. The van der Waals surface area contributed by atoms with E-state index in [1.165, 1.54) is 20.0 Å². The third kappa shape index (κ3) is 5.07. The van der Waals surface area contributed by atoms with Crippen molar-refractivity contribution in [3.05, 3.63) is 59.7 Å². The Hall–Kier alpha value is -2.58. The molecule has 2 aromatic carbocycles. The van der Waals surface area contributed by atoms with E-state index in [0.29, 0.717) is 11.4 Å². The summed E-state index contributed by atoms with van der Waals surface area (Å²) in [7, 11) is -1.99. The van der Waals surface area contributed by atoms with Crippen LogP contribution in [0.1, 0.15) is 42.9 Å². The predicted molar refractivity (Wildman–Crippen MR) is 125 cm³/mol. The molecule has 0 spiro atoms. The Morgan fingerprint density at radius 2 is 1.81 bits per heavy atom. The van der Waals surface area contributed by atoms with Gasteiger partial charge in [-0.2, -0.15) is 0 Å². The zero-order valence-corrected chi connectivity index (χ0v) is 19.5. The fraction of sp³-hybridized carbons (Fsp3) is 0.458. The number of rotatable bonds is 9. The zero-order chi connectivity index (χ0) is 22.8. The standard InChI is InChI=1S/C24H31N3O4S/c1-31-22-11-10-19(16-20(22)26-32(2,29)30)24(12-13-24)23(28)25-21(17-27-14-6-7-15-27)18-8-4-3-5-9-18/h3-5,8-11,16,21,26H,6-7,12-15,17H2,1-2H3,(H,25,28). The molecule has 0 aromatic heterocycles. The summed E-state index contributed by atoms with van der Waals surface area (Å²) in [5, 5.41) is 3.31. The van der Waals surface area contributed by atoms with Crippen molar-refractivity contribution in [2.24, 2.45) is 0 Å². The van der Waals surface area contributed by atoms with Gasteiger partial charge >= 0.3 is 0 Å². The summed E-state index contributed by atoms with van der Waals surface area (Å²) >= 11 is 0. The van der Waals surface area contributed by atoms with Crippen LogP contribution in [0.4, 0.5) is 5.69 Å². The molecule has 1 amide bonds. The van der Waals surface area contributed by atoms with E-state index in [1.807, 2.05) is 24.3 Å². The zero-order valence-electron chi connectivity index (χ0n) is 18.6. The molecule has 0 bridgehead atoms. The molecule has 2 aliphatic rings. The number of anilines is 1. The van der Waals surface area contributed by atoms with Crippen molar-refractivity contribution < 1.29 is 17.9 Å². The minimum Gasteiger partial charge on any atom is -0.495 e. The maximum absolute atomic E-state index is 13.5. The van der Waals surface area contributed by atoms with E-state index in [1.54, 1.807) is 12.1 Å². The van der Waals surface area contributed by atoms with Crippen molar-refractivity contribution in [1.29, 1.82) is 0 Å². The molecule has 1 atom stereocenters. The quantitative estimate of drug-likeness (QED) is 0.604. The molecule has 0 radical (unpaired) electrons. The summed E-state index contributed by atoms with van der Waals surface area (Å²) < 4.78 is 31.4. The lowest BCUT2D eigenvalue weighted by atomic mass is 9.93. The van der Waals surface area contributed by atoms with Crippen LogP contribution in [0.3, 0.4) is 0 Å². The van der Waals surface area contributed by atoms with E-state index in [0.717, 1.165) is 49.9 Å². The number of benzene rings is 2. The van der Waals surface area contributed by atoms with Gasteiger partial charge in [0.25, 0.3) is 0 Å². The molecule has 172 valence electrons. The van der Waals surface area contributed by atoms with Crippen LogP contribution in [-0.4, -0.2) is 52.2 Å². The van der Waals surface area contributed by atoms with Crippen LogP contribution in [0.5, 0.6) is 5.75 Å². The second-order valence-corrected chi connectivity index (χ2v) is 10.6. The van der Waals surface area contributed by atoms with Crippen LogP contribution in [0.25, 0.3) is 0 Å². The number of ether oxygens (including phenoxy) is 1. The molecule has 1 saturated carbocycles. The lowest BCUT2D eigenvalue weighted by Gasteiger charge is -2.27. The number of hydrogen-bond donors (Lipinski definition) is 2. The summed E-state index contributed by atoms with van der Waals surface area (Å²) in [4.78, 5) is 15.9. The van der Waals surface area contributed by atoms with Gasteiger partial charge in [-0.15, -0.1) is 0 Å². The molecule has 1 heterocycles. The molecule has 1 aliphatic heterocycles. The number of sulfonamides is 1. The highest BCUT2D eigenvalue weighted by Crippen LogP contribution is 2.50. The van der Waals surface area contributed by atoms with Crippen molar-refractivity contribution in [3.8, 4) is 5.75 Å². The first-order valence-corrected chi connectivity index (χ1v) is 12.9. The topological polar surface area (TPSA) is 87.7 Å². The van der Waals surface area contributed by atoms with Crippen LogP contribution in [0.2, 0.25) is 0 Å². The van der Waals surface area contributed by atoms with E-state index in [2.05, 4.69) is 27.1 Å². The third-order valence-electron chi connectivity index (χ3n) is 6.38. The van der Waals surface area contributed by atoms with E-state index in [-0.39, 0.29) is 11.9 Å². The number of methoxy groups -OCH3 is 1. The molecule has 2 aromatic rings. The number of amides is 1. The SMILES string of the molecule is COc1ccc(C2(C(=O)NC(CN3CCCC3)c3ccccc3)CC2)cc1NS(C)(=O)=O. The summed E-state index contributed by atoms with van der Waals surface area (Å²) in [6.07, 6.45) is 4.95. The minimum absolute atomic E-state index is 0.0129. The van der Waals surface area contributed by atoms with E-state index in [4.69, 9.17) is 4.74 Å². The maximum atomic E-state index is 13.5. The molecule has 7 nitrogen and oxygen atoms in total. The average Bonchev–Trinajstić information content (AvgIpc) is 3.43. The van der Waals surface area contributed by atoms with Crippen LogP contribution in [0.15, 0.2) is 48.5 Å². The summed E-state index contributed by atoms with van der Waals surface area (Å²) in [6, 6.07) is 15.3. The predicted octanol–water partition coefficient (Wildman–Crippen LogP) is 3.05. The normalized spacial score (nSPS) is 18.7. The smallest absolute Gasteiger partial charge is 0.231 e. The molecule has 2 fully saturated rings. The first-order valence-electron chi connectivity index (χ1n) is 11.1. The van der Waals surface area contributed by atoms with Crippen molar-refractivity contribution in [1.82, 2.24) is 10.2 Å². The van der Waals surface area contributed by atoms with Gasteiger partial charge in [0.1, 0.15) is 5.75 Å². The number of carbonyl (C=O) groups is 1. The van der Waals surface area contributed by atoms with E-state index < -0.39 is 15.4 Å². The molecular weight excluding hydrogens is 426 g/mol. The largest absolute Gasteiger partial charge is 0.495 e. The lowest BCUT2D eigenvalue weighted by molar-refractivity contribution is -0.124. The van der Waals surface area contributed by atoms with Crippen LogP contribution >= 0.6 is 0 Å². The highest BCUT2D eigenvalue weighted by molar-refractivity contribution is 7.92. The summed E-state index contributed by atoms with van der Waals surface area (Å²) in [5.41, 5.74) is 1.61. The Morgan fingerprint density at radius 3 is 2.41 bits per heavy atom. The Morgan fingerprint density at radius 1 is 1.12 bits per heavy atom. The molecule has 8 heteroatoms. The van der Waals surface area contributed by atoms with Gasteiger partial charge in [0.05, 0.1) is 30.5 Å². The van der Waals surface area contributed by atoms with Gasteiger partial charge in [0, 0.05) is 6.54 Å². The van der Waals surface area contributed by atoms with Gasteiger partial charge < -0.3 is 15.0 Å². The second kappa shape index (κ2) is 9.11. The van der Waals surface area contributed by atoms with Crippen molar-refractivity contribution in [2.75, 3.05) is 37.7 Å². The van der Waals surface area contributed by atoms with Crippen LogP contribution < -0.4 is 14.8 Å².